The van der Waals surface area contributed by atoms with Gasteiger partial charge < -0.3 is 10.4 Å². The fourth-order valence-corrected chi connectivity index (χ4v) is 3.34. The summed E-state index contributed by atoms with van der Waals surface area (Å²) in [5.74, 6) is -0.399. The van der Waals surface area contributed by atoms with Crippen molar-refractivity contribution in [3.63, 3.8) is 0 Å². The molecule has 0 spiro atoms. The highest BCUT2D eigenvalue weighted by Crippen LogP contribution is 2.20. The van der Waals surface area contributed by atoms with Crippen LogP contribution in [0.2, 0.25) is 0 Å². The second-order valence-electron chi connectivity index (χ2n) is 5.50. The van der Waals surface area contributed by atoms with Crippen molar-refractivity contribution in [2.45, 2.75) is 25.7 Å². The minimum Gasteiger partial charge on any atom is -0.481 e. The maximum Gasteiger partial charge on any atom is 0.303 e. The van der Waals surface area contributed by atoms with Crippen LogP contribution in [0.5, 0.6) is 0 Å². The molecule has 21 heavy (non-hydrogen) atoms. The molecule has 0 radical (unpaired) electrons. The molecule has 5 nitrogen and oxygen atoms in total. The van der Waals surface area contributed by atoms with Crippen molar-refractivity contribution in [1.29, 1.82) is 0 Å². The standard InChI is InChI=1S/C15H22N2O3S/c18-14(16-6-3-13-2-1-9-21-13)11-17-7-4-12(5-8-17)10-15(19)20/h1-2,9,12H,3-8,10-11H2,(H,16,18)(H,19,20). The number of hydrogen-bond donors (Lipinski definition) is 2. The predicted molar refractivity (Wildman–Crippen MR) is 82.4 cm³/mol. The van der Waals surface area contributed by atoms with Crippen LogP contribution < -0.4 is 5.32 Å². The van der Waals surface area contributed by atoms with Gasteiger partial charge in [0.1, 0.15) is 0 Å². The van der Waals surface area contributed by atoms with Crippen LogP contribution in [0.4, 0.5) is 0 Å². The van der Waals surface area contributed by atoms with Gasteiger partial charge in [0.15, 0.2) is 0 Å². The van der Waals surface area contributed by atoms with E-state index >= 15 is 0 Å². The molecule has 0 atom stereocenters. The van der Waals surface area contributed by atoms with Crippen molar-refractivity contribution in [3.8, 4) is 0 Å². The van der Waals surface area contributed by atoms with Gasteiger partial charge in [0, 0.05) is 17.8 Å². The van der Waals surface area contributed by atoms with Gasteiger partial charge in [-0.15, -0.1) is 11.3 Å². The summed E-state index contributed by atoms with van der Waals surface area (Å²) in [4.78, 5) is 25.9. The summed E-state index contributed by atoms with van der Waals surface area (Å²) in [6, 6.07) is 4.09. The third-order valence-electron chi connectivity index (χ3n) is 3.81. The highest BCUT2D eigenvalue weighted by molar-refractivity contribution is 7.09. The average molecular weight is 310 g/mol. The number of amides is 1. The summed E-state index contributed by atoms with van der Waals surface area (Å²) in [7, 11) is 0. The molecule has 1 amide bonds. The van der Waals surface area contributed by atoms with Crippen LogP contribution in [0.25, 0.3) is 0 Å². The lowest BCUT2D eigenvalue weighted by atomic mass is 9.94. The van der Waals surface area contributed by atoms with Gasteiger partial charge in [-0.3, -0.25) is 14.5 Å². The molecule has 6 heteroatoms. The fraction of sp³-hybridized carbons (Fsp3) is 0.600. The van der Waals surface area contributed by atoms with Crippen molar-refractivity contribution in [1.82, 2.24) is 10.2 Å². The lowest BCUT2D eigenvalue weighted by molar-refractivity contribution is -0.138. The Bertz CT molecular complexity index is 453. The Labute approximate surface area is 129 Å². The summed E-state index contributed by atoms with van der Waals surface area (Å²) in [6.45, 7) is 2.73. The van der Waals surface area contributed by atoms with Gasteiger partial charge in [-0.25, -0.2) is 0 Å². The molecule has 0 aliphatic carbocycles. The summed E-state index contributed by atoms with van der Waals surface area (Å²) in [5.41, 5.74) is 0. The van der Waals surface area contributed by atoms with Crippen LogP contribution in [0, 0.1) is 5.92 Å². The fourth-order valence-electron chi connectivity index (χ4n) is 2.63. The number of piperidine rings is 1. The molecule has 116 valence electrons. The minimum atomic E-state index is -0.722. The molecular formula is C15H22N2O3S. The van der Waals surface area contributed by atoms with Crippen LogP contribution in [-0.2, 0) is 16.0 Å². The highest BCUT2D eigenvalue weighted by Gasteiger charge is 2.22. The van der Waals surface area contributed by atoms with Gasteiger partial charge in [-0.1, -0.05) is 6.07 Å². The molecular weight excluding hydrogens is 288 g/mol. The van der Waals surface area contributed by atoms with E-state index in [4.69, 9.17) is 5.11 Å². The van der Waals surface area contributed by atoms with Gasteiger partial charge in [0.05, 0.1) is 6.54 Å². The first-order valence-electron chi connectivity index (χ1n) is 7.36. The second-order valence-corrected chi connectivity index (χ2v) is 6.53. The number of hydrogen-bond acceptors (Lipinski definition) is 4. The summed E-state index contributed by atoms with van der Waals surface area (Å²) >= 11 is 1.71. The first kappa shape index (κ1) is 16.0. The molecule has 0 aromatic carbocycles. The first-order chi connectivity index (χ1) is 10.1. The average Bonchev–Trinajstić information content (AvgIpc) is 2.93. The number of carboxylic acid groups (broad SMARTS) is 1. The van der Waals surface area contributed by atoms with Gasteiger partial charge in [-0.2, -0.15) is 0 Å². The van der Waals surface area contributed by atoms with Crippen molar-refractivity contribution in [3.05, 3.63) is 22.4 Å². The Morgan fingerprint density at radius 1 is 1.38 bits per heavy atom. The molecule has 0 unspecified atom stereocenters. The van der Waals surface area contributed by atoms with Crippen molar-refractivity contribution < 1.29 is 14.7 Å². The van der Waals surface area contributed by atoms with Gasteiger partial charge >= 0.3 is 5.97 Å². The van der Waals surface area contributed by atoms with E-state index < -0.39 is 5.97 Å². The van der Waals surface area contributed by atoms with Crippen LogP contribution in [0.15, 0.2) is 17.5 Å². The van der Waals surface area contributed by atoms with Gasteiger partial charge in [0.25, 0.3) is 0 Å². The maximum atomic E-state index is 11.9. The van der Waals surface area contributed by atoms with E-state index in [2.05, 4.69) is 16.3 Å². The molecule has 1 aromatic rings. The number of aliphatic carboxylic acids is 1. The normalized spacial score (nSPS) is 16.8. The van der Waals surface area contributed by atoms with Crippen LogP contribution in [0.1, 0.15) is 24.1 Å². The SMILES string of the molecule is O=C(O)CC1CCN(CC(=O)NCCc2cccs2)CC1. The molecule has 2 heterocycles. The first-order valence-corrected chi connectivity index (χ1v) is 8.24. The zero-order valence-corrected chi connectivity index (χ0v) is 12.9. The zero-order valence-electron chi connectivity index (χ0n) is 12.1. The Balaban J connectivity index is 1.59. The number of thiophene rings is 1. The summed E-state index contributed by atoms with van der Waals surface area (Å²) < 4.78 is 0. The summed E-state index contributed by atoms with van der Waals surface area (Å²) in [5, 5.41) is 13.8. The third-order valence-corrected chi connectivity index (χ3v) is 4.75. The number of carbonyl (C=O) groups is 2. The monoisotopic (exact) mass is 310 g/mol. The van der Waals surface area contributed by atoms with E-state index in [1.807, 2.05) is 11.4 Å². The van der Waals surface area contributed by atoms with E-state index in [-0.39, 0.29) is 18.2 Å². The minimum absolute atomic E-state index is 0.0586. The van der Waals surface area contributed by atoms with E-state index in [0.717, 1.165) is 32.4 Å². The molecule has 1 fully saturated rings. The number of nitrogens with one attached hydrogen (secondary N) is 1. The Hall–Kier alpha value is -1.40. The number of carbonyl (C=O) groups excluding carboxylic acids is 1. The molecule has 1 aromatic heterocycles. The largest absolute Gasteiger partial charge is 0.481 e. The smallest absolute Gasteiger partial charge is 0.303 e. The Kier molecular flexibility index (Phi) is 6.20. The maximum absolute atomic E-state index is 11.9. The second kappa shape index (κ2) is 8.14. The van der Waals surface area contributed by atoms with Crippen LogP contribution in [0.3, 0.4) is 0 Å². The molecule has 0 bridgehead atoms. The van der Waals surface area contributed by atoms with E-state index in [0.29, 0.717) is 13.1 Å². The van der Waals surface area contributed by atoms with Crippen molar-refractivity contribution in [2.24, 2.45) is 5.92 Å². The zero-order chi connectivity index (χ0) is 15.1. The number of likely N-dealkylation sites (tertiary alicyclic amines) is 1. The lowest BCUT2D eigenvalue weighted by Gasteiger charge is -2.30. The number of carboxylic acids is 1. The quantitative estimate of drug-likeness (QED) is 0.802. The molecule has 2 N–H and O–H groups in total. The van der Waals surface area contributed by atoms with Gasteiger partial charge in [-0.05, 0) is 49.7 Å². The van der Waals surface area contributed by atoms with Crippen LogP contribution >= 0.6 is 11.3 Å². The van der Waals surface area contributed by atoms with Crippen LogP contribution in [-0.4, -0.2) is 48.1 Å². The number of nitrogens with zero attached hydrogens (tertiary/aromatic N) is 1. The van der Waals surface area contributed by atoms with E-state index in [1.54, 1.807) is 11.3 Å². The van der Waals surface area contributed by atoms with Gasteiger partial charge in [0.2, 0.25) is 5.91 Å². The molecule has 1 aliphatic heterocycles. The Morgan fingerprint density at radius 2 is 2.14 bits per heavy atom. The molecule has 0 saturated carbocycles. The van der Waals surface area contributed by atoms with E-state index in [1.165, 1.54) is 4.88 Å². The van der Waals surface area contributed by atoms with Crippen molar-refractivity contribution in [2.75, 3.05) is 26.2 Å². The topological polar surface area (TPSA) is 69.6 Å². The van der Waals surface area contributed by atoms with Crippen molar-refractivity contribution >= 4 is 23.2 Å². The molecule has 1 saturated heterocycles. The van der Waals surface area contributed by atoms with E-state index in [9.17, 15) is 9.59 Å². The molecule has 1 aliphatic rings. The summed E-state index contributed by atoms with van der Waals surface area (Å²) in [6.07, 6.45) is 2.87. The number of rotatable bonds is 7. The highest BCUT2D eigenvalue weighted by atomic mass is 32.1. The third kappa shape index (κ3) is 5.85. The lowest BCUT2D eigenvalue weighted by Crippen LogP contribution is -2.42. The Morgan fingerprint density at radius 3 is 2.76 bits per heavy atom. The molecule has 2 rings (SSSR count). The predicted octanol–water partition coefficient (Wildman–Crippen LogP) is 1.59.